The first kappa shape index (κ1) is 23.2. The molecule has 0 radical (unpaired) electrons. The molecule has 6 nitrogen and oxygen atoms in total. The molecule has 0 saturated carbocycles. The molecule has 1 fully saturated rings. The van der Waals surface area contributed by atoms with Crippen LogP contribution >= 0.6 is 11.8 Å². The molecule has 1 atom stereocenters. The Hall–Kier alpha value is -2.51. The Kier molecular flexibility index (Phi) is 9.24. The second-order valence-electron chi connectivity index (χ2n) is 7.61. The molecule has 166 valence electrons. The summed E-state index contributed by atoms with van der Waals surface area (Å²) in [5, 5.41) is 2.96. The molecule has 0 aromatic heterocycles. The van der Waals surface area contributed by atoms with Crippen molar-refractivity contribution in [3.63, 3.8) is 0 Å². The van der Waals surface area contributed by atoms with Gasteiger partial charge in [0.15, 0.2) is 0 Å². The zero-order valence-corrected chi connectivity index (χ0v) is 18.6. The van der Waals surface area contributed by atoms with Crippen molar-refractivity contribution in [2.75, 3.05) is 24.7 Å². The van der Waals surface area contributed by atoms with Crippen LogP contribution in [0.15, 0.2) is 54.6 Å². The van der Waals surface area contributed by atoms with Crippen molar-refractivity contribution in [2.24, 2.45) is 5.73 Å². The molecule has 3 rings (SSSR count). The van der Waals surface area contributed by atoms with Crippen LogP contribution in [0.25, 0.3) is 0 Å². The van der Waals surface area contributed by atoms with E-state index in [1.807, 2.05) is 54.6 Å². The average molecular weight is 442 g/mol. The molecule has 3 N–H and O–H groups in total. The third-order valence-corrected chi connectivity index (χ3v) is 6.22. The van der Waals surface area contributed by atoms with Gasteiger partial charge < -0.3 is 20.7 Å². The minimum absolute atomic E-state index is 0.0220. The van der Waals surface area contributed by atoms with Crippen molar-refractivity contribution >= 4 is 23.6 Å². The summed E-state index contributed by atoms with van der Waals surface area (Å²) in [5.74, 6) is 1.89. The number of nitrogens with two attached hydrogens (primary N) is 1. The summed E-state index contributed by atoms with van der Waals surface area (Å²) < 4.78 is 5.80. The van der Waals surface area contributed by atoms with Crippen LogP contribution in [0.2, 0.25) is 0 Å². The Balaban J connectivity index is 1.46. The fourth-order valence-corrected chi connectivity index (χ4v) is 4.58. The maximum atomic E-state index is 12.8. The monoisotopic (exact) mass is 441 g/mol. The molecular weight excluding hydrogens is 410 g/mol. The summed E-state index contributed by atoms with van der Waals surface area (Å²) in [6.45, 7) is 1.81. The van der Waals surface area contributed by atoms with Gasteiger partial charge in [0.05, 0.1) is 12.3 Å². The molecule has 2 aromatic rings. The van der Waals surface area contributed by atoms with Gasteiger partial charge in [-0.3, -0.25) is 9.59 Å². The lowest BCUT2D eigenvalue weighted by Crippen LogP contribution is -2.47. The van der Waals surface area contributed by atoms with Gasteiger partial charge in [-0.2, -0.15) is 0 Å². The molecule has 2 amide bonds. The largest absolute Gasteiger partial charge is 0.489 e. The van der Waals surface area contributed by atoms with Gasteiger partial charge in [-0.05, 0) is 42.6 Å². The fourth-order valence-electron chi connectivity index (χ4n) is 3.40. The molecule has 1 saturated heterocycles. The quantitative estimate of drug-likeness (QED) is 0.524. The summed E-state index contributed by atoms with van der Waals surface area (Å²) >= 11 is 1.62. The zero-order valence-electron chi connectivity index (χ0n) is 17.8. The summed E-state index contributed by atoms with van der Waals surface area (Å²) in [7, 11) is 0. The number of rotatable bonds is 11. The Morgan fingerprint density at radius 3 is 2.55 bits per heavy atom. The van der Waals surface area contributed by atoms with Crippen LogP contribution in [0.4, 0.5) is 0 Å². The molecule has 0 bridgehead atoms. The summed E-state index contributed by atoms with van der Waals surface area (Å²) in [5.41, 5.74) is 7.51. The van der Waals surface area contributed by atoms with E-state index in [1.165, 1.54) is 0 Å². The third-order valence-electron chi connectivity index (χ3n) is 5.21. The van der Waals surface area contributed by atoms with Gasteiger partial charge in [0.2, 0.25) is 11.8 Å². The molecule has 1 unspecified atom stereocenters. The van der Waals surface area contributed by atoms with Crippen LogP contribution in [0.3, 0.4) is 0 Å². The number of hydrogen-bond donors (Lipinski definition) is 2. The first-order valence-electron chi connectivity index (χ1n) is 10.8. The van der Waals surface area contributed by atoms with E-state index in [4.69, 9.17) is 10.5 Å². The number of unbranched alkanes of at least 4 members (excludes halogenated alkanes) is 2. The molecule has 0 spiro atoms. The maximum absolute atomic E-state index is 12.8. The van der Waals surface area contributed by atoms with E-state index in [0.29, 0.717) is 31.3 Å². The fraction of sp³-hybridized carbons (Fsp3) is 0.417. The topological polar surface area (TPSA) is 84.7 Å². The van der Waals surface area contributed by atoms with Crippen molar-refractivity contribution < 1.29 is 14.3 Å². The number of benzene rings is 2. The van der Waals surface area contributed by atoms with E-state index in [-0.39, 0.29) is 24.3 Å². The van der Waals surface area contributed by atoms with E-state index in [0.717, 1.165) is 36.1 Å². The van der Waals surface area contributed by atoms with Gasteiger partial charge >= 0.3 is 0 Å². The maximum Gasteiger partial charge on any atom is 0.243 e. The molecule has 31 heavy (non-hydrogen) atoms. The van der Waals surface area contributed by atoms with Crippen LogP contribution in [-0.2, 0) is 22.6 Å². The van der Waals surface area contributed by atoms with E-state index in [1.54, 1.807) is 16.7 Å². The number of carbonyl (C=O) groups is 2. The lowest BCUT2D eigenvalue weighted by molar-refractivity contribution is -0.137. The Morgan fingerprint density at radius 2 is 1.81 bits per heavy atom. The minimum Gasteiger partial charge on any atom is -0.489 e. The second kappa shape index (κ2) is 12.4. The first-order chi connectivity index (χ1) is 15.2. The predicted octanol–water partition coefficient (Wildman–Crippen LogP) is 2.95. The highest BCUT2D eigenvalue weighted by molar-refractivity contribution is 7.99. The lowest BCUT2D eigenvalue weighted by Gasteiger charge is -2.23. The highest BCUT2D eigenvalue weighted by atomic mass is 32.2. The zero-order chi connectivity index (χ0) is 21.9. The van der Waals surface area contributed by atoms with Crippen LogP contribution in [-0.4, -0.2) is 47.5 Å². The van der Waals surface area contributed by atoms with E-state index < -0.39 is 0 Å². The summed E-state index contributed by atoms with van der Waals surface area (Å²) in [6, 6.07) is 17.2. The number of nitrogens with zero attached hydrogens (tertiary/aromatic N) is 1. The second-order valence-corrected chi connectivity index (χ2v) is 8.61. The predicted molar refractivity (Wildman–Crippen MR) is 125 cm³/mol. The van der Waals surface area contributed by atoms with Gasteiger partial charge in [0.25, 0.3) is 0 Å². The Morgan fingerprint density at radius 1 is 1.03 bits per heavy atom. The van der Waals surface area contributed by atoms with Crippen LogP contribution in [0.1, 0.15) is 30.4 Å². The minimum atomic E-state index is -0.388. The highest BCUT2D eigenvalue weighted by Crippen LogP contribution is 2.23. The number of ether oxygens (including phenoxy) is 1. The average Bonchev–Trinajstić information content (AvgIpc) is 3.29. The Labute approximate surface area is 188 Å². The standard InChI is InChI=1S/C24H31N3O3S/c25-13-5-2-6-14-26-24(29)22-17-31-18-27(22)23(28)15-19-9-11-21(12-10-19)30-16-20-7-3-1-4-8-20/h1,3-4,7-12,22H,2,5-6,13-18,25H2,(H,26,29). The molecule has 0 aliphatic carbocycles. The Bertz CT molecular complexity index is 830. The van der Waals surface area contributed by atoms with E-state index in [9.17, 15) is 9.59 Å². The third kappa shape index (κ3) is 7.29. The molecular formula is C24H31N3O3S. The number of carbonyl (C=O) groups excluding carboxylic acids is 2. The van der Waals surface area contributed by atoms with Crippen LogP contribution in [0.5, 0.6) is 5.75 Å². The van der Waals surface area contributed by atoms with Crippen molar-refractivity contribution in [2.45, 2.75) is 38.3 Å². The molecule has 1 aliphatic rings. The summed E-state index contributed by atoms with van der Waals surface area (Å²) in [4.78, 5) is 27.0. The smallest absolute Gasteiger partial charge is 0.243 e. The van der Waals surface area contributed by atoms with Gasteiger partial charge in [0.1, 0.15) is 18.4 Å². The van der Waals surface area contributed by atoms with Gasteiger partial charge in [-0.15, -0.1) is 11.8 Å². The number of hydrogen-bond acceptors (Lipinski definition) is 5. The highest BCUT2D eigenvalue weighted by Gasteiger charge is 2.34. The normalized spacial score (nSPS) is 15.6. The van der Waals surface area contributed by atoms with Crippen LogP contribution in [0, 0.1) is 0 Å². The van der Waals surface area contributed by atoms with E-state index >= 15 is 0 Å². The summed E-state index contributed by atoms with van der Waals surface area (Å²) in [6.07, 6.45) is 3.16. The molecule has 7 heteroatoms. The van der Waals surface area contributed by atoms with Gasteiger partial charge in [-0.1, -0.05) is 48.9 Å². The van der Waals surface area contributed by atoms with Crippen LogP contribution < -0.4 is 15.8 Å². The van der Waals surface area contributed by atoms with Crippen molar-refractivity contribution in [1.29, 1.82) is 0 Å². The SMILES string of the molecule is NCCCCCNC(=O)C1CSCN1C(=O)Cc1ccc(OCc2ccccc2)cc1. The number of thioether (sulfide) groups is 1. The van der Waals surface area contributed by atoms with Gasteiger partial charge in [-0.25, -0.2) is 0 Å². The molecule has 1 heterocycles. The molecule has 1 aliphatic heterocycles. The first-order valence-corrected chi connectivity index (χ1v) is 11.9. The number of nitrogens with one attached hydrogen (secondary N) is 1. The van der Waals surface area contributed by atoms with Crippen molar-refractivity contribution in [1.82, 2.24) is 10.2 Å². The van der Waals surface area contributed by atoms with Crippen molar-refractivity contribution in [3.05, 3.63) is 65.7 Å². The van der Waals surface area contributed by atoms with Crippen molar-refractivity contribution in [3.8, 4) is 5.75 Å². The van der Waals surface area contributed by atoms with Gasteiger partial charge in [0, 0.05) is 12.3 Å². The molecule has 2 aromatic carbocycles. The number of amides is 2. The van der Waals surface area contributed by atoms with E-state index in [2.05, 4.69) is 5.32 Å². The lowest BCUT2D eigenvalue weighted by atomic mass is 10.1.